The van der Waals surface area contributed by atoms with Crippen molar-refractivity contribution in [1.29, 1.82) is 0 Å². The standard InChI is InChI=1S/C37H45FN3O8P/c1-24(2)41(25(3)4)50(46-7)49-34-31(48-35(33(34)38)40-22-21-32(42)39-36(40)43)23-47-37(26-11-9-8-10-12-26,27-13-17-29(44-5)18-14-27)28-15-19-30(45-6)20-16-28/h8-22,24-25,31,33-35H,23H2,1-7H3,(H,39,42,43)/t31-,33+,34+,35-,50?/m1/s1. The molecule has 50 heavy (non-hydrogen) atoms. The minimum atomic E-state index is -1.83. The topological polar surface area (TPSA) is 113 Å². The van der Waals surface area contributed by atoms with Crippen LogP contribution in [0.2, 0.25) is 0 Å². The van der Waals surface area contributed by atoms with E-state index in [1.165, 1.54) is 13.3 Å². The fourth-order valence-electron chi connectivity index (χ4n) is 6.36. The second kappa shape index (κ2) is 16.4. The summed E-state index contributed by atoms with van der Waals surface area (Å²) in [4.78, 5) is 26.9. The molecule has 1 saturated heterocycles. The van der Waals surface area contributed by atoms with Crippen LogP contribution in [-0.2, 0) is 24.1 Å². The van der Waals surface area contributed by atoms with E-state index in [9.17, 15) is 9.59 Å². The molecule has 0 spiro atoms. The van der Waals surface area contributed by atoms with E-state index in [-0.39, 0.29) is 18.7 Å². The Morgan fingerprint density at radius 2 is 1.38 bits per heavy atom. The molecule has 3 aromatic carbocycles. The first-order chi connectivity index (χ1) is 24.0. The maximum atomic E-state index is 16.7. The molecular weight excluding hydrogens is 664 g/mol. The van der Waals surface area contributed by atoms with Crippen molar-refractivity contribution in [2.24, 2.45) is 0 Å². The Kier molecular flexibility index (Phi) is 12.3. The number of nitrogens with zero attached hydrogens (tertiary/aromatic N) is 2. The number of benzene rings is 3. The van der Waals surface area contributed by atoms with Crippen molar-refractivity contribution >= 4 is 8.53 Å². The molecule has 1 aliphatic heterocycles. The summed E-state index contributed by atoms with van der Waals surface area (Å²) in [6, 6.07) is 26.0. The number of aromatic amines is 1. The molecule has 1 unspecified atom stereocenters. The number of halogens is 1. The minimum absolute atomic E-state index is 0.0182. The third-order valence-corrected chi connectivity index (χ3v) is 10.7. The van der Waals surface area contributed by atoms with Crippen LogP contribution in [-0.4, -0.2) is 72.6 Å². The van der Waals surface area contributed by atoms with Crippen LogP contribution in [0.3, 0.4) is 0 Å². The van der Waals surface area contributed by atoms with Crippen molar-refractivity contribution in [3.05, 3.63) is 129 Å². The Morgan fingerprint density at radius 3 is 1.86 bits per heavy atom. The highest BCUT2D eigenvalue weighted by molar-refractivity contribution is 7.44. The summed E-state index contributed by atoms with van der Waals surface area (Å²) in [6.07, 6.45) is -4.26. The summed E-state index contributed by atoms with van der Waals surface area (Å²) >= 11 is 0. The van der Waals surface area contributed by atoms with Crippen molar-refractivity contribution in [3.63, 3.8) is 0 Å². The molecule has 13 heteroatoms. The lowest BCUT2D eigenvalue weighted by Crippen LogP contribution is -2.41. The van der Waals surface area contributed by atoms with Crippen molar-refractivity contribution in [2.45, 2.75) is 70.0 Å². The zero-order valence-corrected chi connectivity index (χ0v) is 30.2. The van der Waals surface area contributed by atoms with Gasteiger partial charge in [0.2, 0.25) is 0 Å². The van der Waals surface area contributed by atoms with Gasteiger partial charge in [0, 0.05) is 31.5 Å². The van der Waals surface area contributed by atoms with Gasteiger partial charge in [-0.2, -0.15) is 0 Å². The van der Waals surface area contributed by atoms with E-state index < -0.39 is 50.0 Å². The van der Waals surface area contributed by atoms with Crippen LogP contribution >= 0.6 is 8.53 Å². The quantitative estimate of drug-likeness (QED) is 0.114. The van der Waals surface area contributed by atoms with Gasteiger partial charge >= 0.3 is 5.69 Å². The number of hydrogen-bond donors (Lipinski definition) is 1. The third kappa shape index (κ3) is 7.71. The Morgan fingerprint density at radius 1 is 0.840 bits per heavy atom. The highest BCUT2D eigenvalue weighted by Gasteiger charge is 2.51. The van der Waals surface area contributed by atoms with Crippen LogP contribution < -0.4 is 20.7 Å². The van der Waals surface area contributed by atoms with E-state index in [1.54, 1.807) is 14.2 Å². The monoisotopic (exact) mass is 709 g/mol. The van der Waals surface area contributed by atoms with Gasteiger partial charge in [0.05, 0.1) is 20.8 Å². The van der Waals surface area contributed by atoms with Gasteiger partial charge in [-0.25, -0.2) is 13.9 Å². The van der Waals surface area contributed by atoms with E-state index in [1.807, 2.05) is 111 Å². The molecule has 1 fully saturated rings. The smallest absolute Gasteiger partial charge is 0.330 e. The van der Waals surface area contributed by atoms with Gasteiger partial charge in [-0.1, -0.05) is 54.6 Å². The van der Waals surface area contributed by atoms with Gasteiger partial charge in [-0.05, 0) is 68.7 Å². The molecule has 1 aliphatic rings. The SMILES string of the molecule is COc1ccc(C(OC[C@H]2O[C@@H](n3ccc(=O)[nH]c3=O)[C@@H](F)[C@H]2OP(OC)N(C(C)C)C(C)C)(c2ccccc2)c2ccc(OC)cc2)cc1. The van der Waals surface area contributed by atoms with Crippen molar-refractivity contribution in [3.8, 4) is 11.5 Å². The molecule has 1 aromatic heterocycles. The van der Waals surface area contributed by atoms with Gasteiger partial charge in [-0.3, -0.25) is 14.3 Å². The first kappa shape index (κ1) is 37.4. The van der Waals surface area contributed by atoms with Crippen LogP contribution in [0.1, 0.15) is 50.6 Å². The van der Waals surface area contributed by atoms with E-state index in [2.05, 4.69) is 4.98 Å². The summed E-state index contributed by atoms with van der Waals surface area (Å²) in [5.41, 5.74) is -0.270. The molecule has 0 saturated carbocycles. The number of nitrogens with one attached hydrogen (secondary N) is 1. The van der Waals surface area contributed by atoms with E-state index >= 15 is 4.39 Å². The fraction of sp³-hybridized carbons (Fsp3) is 0.405. The van der Waals surface area contributed by atoms with Crippen LogP contribution in [0.15, 0.2) is 101 Å². The first-order valence-electron chi connectivity index (χ1n) is 16.4. The van der Waals surface area contributed by atoms with Gasteiger partial charge in [0.15, 0.2) is 12.4 Å². The van der Waals surface area contributed by atoms with Crippen LogP contribution in [0.4, 0.5) is 4.39 Å². The largest absolute Gasteiger partial charge is 0.497 e. The van der Waals surface area contributed by atoms with Gasteiger partial charge in [-0.15, -0.1) is 0 Å². The Balaban J connectivity index is 1.61. The van der Waals surface area contributed by atoms with Crippen molar-refractivity contribution < 1.29 is 32.4 Å². The number of aromatic nitrogens is 2. The summed E-state index contributed by atoms with van der Waals surface area (Å²) in [7, 11) is 2.96. The highest BCUT2D eigenvalue weighted by Crippen LogP contribution is 2.50. The van der Waals surface area contributed by atoms with Crippen LogP contribution in [0.25, 0.3) is 0 Å². The number of H-pyrrole nitrogens is 1. The maximum absolute atomic E-state index is 16.7. The second-order valence-corrected chi connectivity index (χ2v) is 13.9. The van der Waals surface area contributed by atoms with E-state index in [0.717, 1.165) is 27.3 Å². The normalized spacial score (nSPS) is 20.1. The van der Waals surface area contributed by atoms with Gasteiger partial charge in [0.25, 0.3) is 14.1 Å². The van der Waals surface area contributed by atoms with Crippen molar-refractivity contribution in [1.82, 2.24) is 14.2 Å². The highest BCUT2D eigenvalue weighted by atomic mass is 31.2. The lowest BCUT2D eigenvalue weighted by Gasteiger charge is -2.38. The lowest BCUT2D eigenvalue weighted by molar-refractivity contribution is -0.0933. The molecule has 0 amide bonds. The summed E-state index contributed by atoms with van der Waals surface area (Å²) in [5, 5.41) is 0. The molecule has 4 aromatic rings. The van der Waals surface area contributed by atoms with Crippen molar-refractivity contribution in [2.75, 3.05) is 27.9 Å². The van der Waals surface area contributed by atoms with Crippen LogP contribution in [0.5, 0.6) is 11.5 Å². The molecule has 2 heterocycles. The minimum Gasteiger partial charge on any atom is -0.497 e. The molecule has 0 aliphatic carbocycles. The average Bonchev–Trinajstić information content (AvgIpc) is 3.42. The maximum Gasteiger partial charge on any atom is 0.330 e. The molecule has 0 bridgehead atoms. The summed E-state index contributed by atoms with van der Waals surface area (Å²) < 4.78 is 56.4. The Hall–Kier alpha value is -3.90. The Bertz CT molecular complexity index is 1730. The molecule has 5 rings (SSSR count). The molecule has 1 N–H and O–H groups in total. The lowest BCUT2D eigenvalue weighted by atomic mass is 9.80. The van der Waals surface area contributed by atoms with E-state index in [0.29, 0.717) is 11.5 Å². The average molecular weight is 710 g/mol. The third-order valence-electron chi connectivity index (χ3n) is 8.64. The summed E-state index contributed by atoms with van der Waals surface area (Å²) in [5.74, 6) is 1.33. The molecule has 268 valence electrons. The molecule has 5 atom stereocenters. The predicted octanol–water partition coefficient (Wildman–Crippen LogP) is 6.18. The number of hydrogen-bond acceptors (Lipinski definition) is 9. The number of ether oxygens (including phenoxy) is 4. The molecule has 11 nitrogen and oxygen atoms in total. The zero-order valence-electron chi connectivity index (χ0n) is 29.3. The number of rotatable bonds is 15. The van der Waals surface area contributed by atoms with Gasteiger partial charge in [0.1, 0.15) is 29.3 Å². The van der Waals surface area contributed by atoms with E-state index in [4.69, 9.17) is 28.0 Å². The molecule has 0 radical (unpaired) electrons. The zero-order chi connectivity index (χ0) is 36.0. The van der Waals surface area contributed by atoms with Crippen LogP contribution in [0, 0.1) is 0 Å². The second-order valence-electron chi connectivity index (χ2n) is 12.4. The number of methoxy groups -OCH3 is 2. The van der Waals surface area contributed by atoms with Gasteiger partial charge < -0.3 is 28.0 Å². The predicted molar refractivity (Wildman–Crippen MR) is 189 cm³/mol. The summed E-state index contributed by atoms with van der Waals surface area (Å²) in [6.45, 7) is 7.88. The Labute approximate surface area is 292 Å². The first-order valence-corrected chi connectivity index (χ1v) is 17.6. The fourth-order valence-corrected chi connectivity index (χ4v) is 7.95. The molecular formula is C37H45FN3O8P. The number of alkyl halides is 1.